The Labute approximate surface area is 175 Å². The highest BCUT2D eigenvalue weighted by Gasteiger charge is 2.29. The molecule has 0 fully saturated rings. The van der Waals surface area contributed by atoms with Crippen molar-refractivity contribution in [2.45, 2.75) is 57.9 Å². The lowest BCUT2D eigenvalue weighted by Gasteiger charge is -2.19. The molecule has 0 saturated heterocycles. The third kappa shape index (κ3) is 7.35. The molecule has 0 aliphatic rings. The number of aryl methyl sites for hydroxylation is 1. The summed E-state index contributed by atoms with van der Waals surface area (Å²) in [5, 5.41) is 3.25. The third-order valence-corrected chi connectivity index (χ3v) is 4.90. The fraction of sp³-hybridized carbons (Fsp3) is 0.435. The molecule has 3 nitrogen and oxygen atoms in total. The highest BCUT2D eigenvalue weighted by molar-refractivity contribution is 5.25. The average Bonchev–Trinajstić information content (AvgIpc) is 2.71. The molecule has 0 amide bonds. The number of nitrogens with one attached hydrogen (secondary N) is 1. The predicted octanol–water partition coefficient (Wildman–Crippen LogP) is 6.41. The lowest BCUT2D eigenvalue weighted by atomic mass is 10.1. The number of pyridine rings is 1. The molecule has 1 unspecified atom stereocenters. The van der Waals surface area contributed by atoms with Crippen molar-refractivity contribution in [1.82, 2.24) is 10.3 Å². The van der Waals surface area contributed by atoms with E-state index in [0.29, 0.717) is 25.0 Å². The predicted molar refractivity (Wildman–Crippen MR) is 110 cm³/mol. The first-order chi connectivity index (χ1) is 14.0. The zero-order valence-corrected chi connectivity index (χ0v) is 17.5. The van der Waals surface area contributed by atoms with Crippen LogP contribution in [0, 0.1) is 0 Å². The van der Waals surface area contributed by atoms with Crippen LogP contribution in [0.3, 0.4) is 0 Å². The van der Waals surface area contributed by atoms with Crippen LogP contribution in [0.2, 0.25) is 0 Å². The number of rotatable bonds is 10. The van der Waals surface area contributed by atoms with E-state index >= 15 is 0 Å². The summed E-state index contributed by atoms with van der Waals surface area (Å²) in [6, 6.07) is 8.60. The molecule has 0 radical (unpaired) electrons. The number of nitrogens with zero attached hydrogens (tertiary/aromatic N) is 1. The van der Waals surface area contributed by atoms with Gasteiger partial charge in [-0.15, -0.1) is 0 Å². The Morgan fingerprint density at radius 2 is 1.80 bits per heavy atom. The summed E-state index contributed by atoms with van der Waals surface area (Å²) in [6.45, 7) is 9.16. The van der Waals surface area contributed by atoms with Crippen LogP contribution < -0.4 is 10.1 Å². The Bertz CT molecular complexity index is 815. The summed E-state index contributed by atoms with van der Waals surface area (Å²) in [7, 11) is 0. The molecule has 7 heteroatoms. The van der Waals surface area contributed by atoms with Gasteiger partial charge in [0.25, 0.3) is 0 Å². The fourth-order valence-corrected chi connectivity index (χ4v) is 2.68. The van der Waals surface area contributed by atoms with Crippen molar-refractivity contribution in [2.24, 2.45) is 0 Å². The Morgan fingerprint density at radius 1 is 1.13 bits per heavy atom. The highest BCUT2D eigenvalue weighted by Crippen LogP contribution is 2.29. The van der Waals surface area contributed by atoms with Gasteiger partial charge in [-0.05, 0) is 62.9 Å². The zero-order valence-electron chi connectivity index (χ0n) is 17.5. The van der Waals surface area contributed by atoms with Gasteiger partial charge in [0.1, 0.15) is 18.0 Å². The SMILES string of the molecule is C=C(CCc1ccc(C(F)(F)F)cc1)N[C@H](C)c1ccc(OCC(C)(F)CC)cn1. The third-order valence-electron chi connectivity index (χ3n) is 4.90. The number of ether oxygens (including phenoxy) is 1. The molecule has 30 heavy (non-hydrogen) atoms. The normalized spacial score (nSPS) is 14.6. The van der Waals surface area contributed by atoms with Gasteiger partial charge >= 0.3 is 6.18 Å². The lowest BCUT2D eigenvalue weighted by Crippen LogP contribution is -2.26. The van der Waals surface area contributed by atoms with Crippen LogP contribution in [0.25, 0.3) is 0 Å². The van der Waals surface area contributed by atoms with Crippen molar-refractivity contribution in [1.29, 1.82) is 0 Å². The number of hydrogen-bond donors (Lipinski definition) is 1. The molecule has 164 valence electrons. The Kier molecular flexibility index (Phi) is 7.87. The molecule has 2 aromatic rings. The molecule has 0 spiro atoms. The van der Waals surface area contributed by atoms with Crippen LogP contribution >= 0.6 is 0 Å². The summed E-state index contributed by atoms with van der Waals surface area (Å²) < 4.78 is 57.2. The topological polar surface area (TPSA) is 34.1 Å². The number of halogens is 4. The van der Waals surface area contributed by atoms with Crippen molar-refractivity contribution in [2.75, 3.05) is 6.61 Å². The largest absolute Gasteiger partial charge is 0.489 e. The second-order valence-electron chi connectivity index (χ2n) is 7.64. The molecule has 0 aliphatic carbocycles. The van der Waals surface area contributed by atoms with Gasteiger partial charge in [-0.2, -0.15) is 13.2 Å². The molecule has 1 aromatic heterocycles. The van der Waals surface area contributed by atoms with Crippen LogP contribution in [0.15, 0.2) is 54.9 Å². The van der Waals surface area contributed by atoms with Crippen LogP contribution in [-0.2, 0) is 12.6 Å². The van der Waals surface area contributed by atoms with Crippen molar-refractivity contribution in [3.63, 3.8) is 0 Å². The van der Waals surface area contributed by atoms with E-state index in [1.165, 1.54) is 19.1 Å². The first-order valence-electron chi connectivity index (χ1n) is 9.88. The lowest BCUT2D eigenvalue weighted by molar-refractivity contribution is -0.137. The number of alkyl halides is 4. The molecule has 1 N–H and O–H groups in total. The monoisotopic (exact) mass is 424 g/mol. The van der Waals surface area contributed by atoms with Crippen molar-refractivity contribution >= 4 is 0 Å². The van der Waals surface area contributed by atoms with E-state index in [4.69, 9.17) is 4.74 Å². The van der Waals surface area contributed by atoms with E-state index in [0.717, 1.165) is 29.1 Å². The molecular weight excluding hydrogens is 396 g/mol. The van der Waals surface area contributed by atoms with Gasteiger partial charge < -0.3 is 10.1 Å². The average molecular weight is 424 g/mol. The van der Waals surface area contributed by atoms with Crippen LogP contribution in [0.5, 0.6) is 5.75 Å². The van der Waals surface area contributed by atoms with Crippen molar-refractivity contribution < 1.29 is 22.3 Å². The summed E-state index contributed by atoms with van der Waals surface area (Å²) >= 11 is 0. The van der Waals surface area contributed by atoms with Crippen molar-refractivity contribution in [3.8, 4) is 5.75 Å². The maximum absolute atomic E-state index is 13.9. The quantitative estimate of drug-likeness (QED) is 0.447. The minimum absolute atomic E-state index is 0.0287. The molecule has 1 heterocycles. The summed E-state index contributed by atoms with van der Waals surface area (Å²) in [5.41, 5.74) is 0.321. The first kappa shape index (κ1) is 23.7. The molecule has 2 atom stereocenters. The van der Waals surface area contributed by atoms with E-state index in [9.17, 15) is 17.6 Å². The number of aromatic nitrogens is 1. The Balaban J connectivity index is 1.82. The summed E-state index contributed by atoms with van der Waals surface area (Å²) in [6.07, 6.45) is -1.23. The molecule has 2 rings (SSSR count). The van der Waals surface area contributed by atoms with E-state index in [1.807, 2.05) is 6.92 Å². The number of hydrogen-bond acceptors (Lipinski definition) is 3. The van der Waals surface area contributed by atoms with Crippen LogP contribution in [0.1, 0.15) is 56.5 Å². The van der Waals surface area contributed by atoms with Gasteiger partial charge in [0, 0.05) is 5.70 Å². The van der Waals surface area contributed by atoms with E-state index in [-0.39, 0.29) is 12.6 Å². The number of allylic oxidation sites excluding steroid dienone is 1. The Hall–Kier alpha value is -2.57. The highest BCUT2D eigenvalue weighted by atomic mass is 19.4. The van der Waals surface area contributed by atoms with Gasteiger partial charge in [0.05, 0.1) is 23.5 Å². The molecule has 0 saturated carbocycles. The van der Waals surface area contributed by atoms with Crippen molar-refractivity contribution in [3.05, 3.63) is 71.7 Å². The second kappa shape index (κ2) is 9.96. The first-order valence-corrected chi connectivity index (χ1v) is 9.88. The van der Waals surface area contributed by atoms with E-state index < -0.39 is 17.4 Å². The minimum Gasteiger partial charge on any atom is -0.489 e. The zero-order chi connectivity index (χ0) is 22.4. The van der Waals surface area contributed by atoms with Gasteiger partial charge in [-0.25, -0.2) is 4.39 Å². The van der Waals surface area contributed by atoms with Gasteiger partial charge in [0.2, 0.25) is 0 Å². The van der Waals surface area contributed by atoms with E-state index in [1.54, 1.807) is 25.3 Å². The molecule has 0 bridgehead atoms. The minimum atomic E-state index is -4.33. The maximum Gasteiger partial charge on any atom is 0.416 e. The van der Waals surface area contributed by atoms with Crippen LogP contribution in [0.4, 0.5) is 17.6 Å². The van der Waals surface area contributed by atoms with Gasteiger partial charge in [-0.3, -0.25) is 4.98 Å². The Morgan fingerprint density at radius 3 is 2.33 bits per heavy atom. The number of benzene rings is 1. The maximum atomic E-state index is 13.9. The summed E-state index contributed by atoms with van der Waals surface area (Å²) in [5.74, 6) is 0.504. The van der Waals surface area contributed by atoms with E-state index in [2.05, 4.69) is 16.9 Å². The fourth-order valence-electron chi connectivity index (χ4n) is 2.68. The molecular formula is C23H28F4N2O. The van der Waals surface area contributed by atoms with Gasteiger partial charge in [-0.1, -0.05) is 25.6 Å². The molecule has 0 aliphatic heterocycles. The van der Waals surface area contributed by atoms with Gasteiger partial charge in [0.15, 0.2) is 0 Å². The summed E-state index contributed by atoms with van der Waals surface area (Å²) in [4.78, 5) is 4.35. The smallest absolute Gasteiger partial charge is 0.416 e. The second-order valence-corrected chi connectivity index (χ2v) is 7.64. The standard InChI is InChI=1S/C23H28F4N2O/c1-5-22(4,24)15-30-20-12-13-21(28-14-20)17(3)29-16(2)6-7-18-8-10-19(11-9-18)23(25,26)27/h8-14,17,29H,2,5-7,15H2,1,3-4H3/t17-,22?/m1/s1. The molecule has 1 aromatic carbocycles. The van der Waals surface area contributed by atoms with Crippen LogP contribution in [-0.4, -0.2) is 17.3 Å².